The van der Waals surface area contributed by atoms with Crippen LogP contribution < -0.4 is 4.74 Å². The molecular weight excluding hydrogens is 422 g/mol. The van der Waals surface area contributed by atoms with Gasteiger partial charge in [-0.05, 0) is 62.1 Å². The zero-order valence-electron chi connectivity index (χ0n) is 21.8. The van der Waals surface area contributed by atoms with E-state index in [0.29, 0.717) is 18.3 Å². The summed E-state index contributed by atoms with van der Waals surface area (Å²) < 4.78 is 10.5. The van der Waals surface area contributed by atoms with Crippen LogP contribution in [0.2, 0.25) is 0 Å². The van der Waals surface area contributed by atoms with Crippen molar-refractivity contribution in [3.8, 4) is 11.8 Å². The van der Waals surface area contributed by atoms with Gasteiger partial charge in [0.25, 0.3) is 0 Å². The van der Waals surface area contributed by atoms with Crippen LogP contribution in [0.1, 0.15) is 134 Å². The largest absolute Gasteiger partial charge is 0.513 e. The Morgan fingerprint density at radius 3 is 2.03 bits per heavy atom. The van der Waals surface area contributed by atoms with Gasteiger partial charge in [-0.15, -0.1) is 0 Å². The molecule has 1 aliphatic carbocycles. The van der Waals surface area contributed by atoms with Gasteiger partial charge in [-0.3, -0.25) is 0 Å². The predicted molar refractivity (Wildman–Crippen MR) is 139 cm³/mol. The van der Waals surface area contributed by atoms with Gasteiger partial charge < -0.3 is 9.47 Å². The number of unbranched alkanes of at least 4 members (excludes halogenated alkanes) is 10. The molecule has 1 aliphatic rings. The number of nitrogens with zero attached hydrogens (tertiary/aromatic N) is 1. The summed E-state index contributed by atoms with van der Waals surface area (Å²) in [4.78, 5) is 11.9. The molecule has 2 rings (SSSR count). The molecule has 0 saturated heterocycles. The first kappa shape index (κ1) is 28.2. The highest BCUT2D eigenvalue weighted by atomic mass is 16.7. The number of carbonyl (C=O) groups is 1. The lowest BCUT2D eigenvalue weighted by Crippen LogP contribution is -2.25. The first-order valence-corrected chi connectivity index (χ1v) is 14.0. The number of benzene rings is 1. The Balaban J connectivity index is 1.68. The lowest BCUT2D eigenvalue weighted by atomic mass is 9.67. The minimum atomic E-state index is -0.618. The van der Waals surface area contributed by atoms with Gasteiger partial charge in [0, 0.05) is 0 Å². The standard InChI is InChI=1S/C30H47NO3/c1-3-5-7-9-11-13-21-30(25-31)22-19-27(20-23-30)26-15-17-28(18-16-26)34-29(32)33-24-14-12-10-8-6-4-2/h15-18,27H,3-14,19-24H2,1-2H3. The van der Waals surface area contributed by atoms with E-state index < -0.39 is 6.16 Å². The van der Waals surface area contributed by atoms with E-state index in [1.165, 1.54) is 69.8 Å². The summed E-state index contributed by atoms with van der Waals surface area (Å²) >= 11 is 0. The number of ether oxygens (including phenoxy) is 2. The third-order valence-corrected chi connectivity index (χ3v) is 7.46. The van der Waals surface area contributed by atoms with E-state index in [2.05, 4.69) is 32.0 Å². The second kappa shape index (κ2) is 16.6. The van der Waals surface area contributed by atoms with Crippen molar-refractivity contribution in [1.82, 2.24) is 0 Å². The summed E-state index contributed by atoms with van der Waals surface area (Å²) in [5.74, 6) is 1.02. The number of hydrogen-bond donors (Lipinski definition) is 0. The first-order valence-electron chi connectivity index (χ1n) is 14.0. The van der Waals surface area contributed by atoms with Crippen LogP contribution in [-0.2, 0) is 4.74 Å². The summed E-state index contributed by atoms with van der Waals surface area (Å²) in [5, 5.41) is 9.87. The Bertz CT molecular complexity index is 714. The molecule has 1 aromatic carbocycles. The molecule has 0 aliphatic heterocycles. The van der Waals surface area contributed by atoms with Crippen molar-refractivity contribution in [2.45, 2.75) is 129 Å². The van der Waals surface area contributed by atoms with Crippen LogP contribution in [-0.4, -0.2) is 12.8 Å². The van der Waals surface area contributed by atoms with Crippen LogP contribution in [0.3, 0.4) is 0 Å². The van der Waals surface area contributed by atoms with E-state index in [0.717, 1.165) is 44.9 Å². The summed E-state index contributed by atoms with van der Waals surface area (Å²) in [6.45, 7) is 4.87. The van der Waals surface area contributed by atoms with Crippen molar-refractivity contribution < 1.29 is 14.3 Å². The van der Waals surface area contributed by atoms with Crippen molar-refractivity contribution in [1.29, 1.82) is 5.26 Å². The van der Waals surface area contributed by atoms with Crippen molar-refractivity contribution >= 4 is 6.16 Å². The van der Waals surface area contributed by atoms with Gasteiger partial charge in [0.05, 0.1) is 18.1 Å². The molecule has 190 valence electrons. The van der Waals surface area contributed by atoms with Crippen LogP contribution in [0.4, 0.5) is 4.79 Å². The maximum atomic E-state index is 11.9. The molecular formula is C30H47NO3. The monoisotopic (exact) mass is 469 g/mol. The molecule has 0 radical (unpaired) electrons. The van der Waals surface area contributed by atoms with Gasteiger partial charge in [-0.25, -0.2) is 4.79 Å². The summed E-state index contributed by atoms with van der Waals surface area (Å²) in [6, 6.07) is 10.5. The van der Waals surface area contributed by atoms with Gasteiger partial charge in [-0.2, -0.15) is 5.26 Å². The molecule has 1 aromatic rings. The summed E-state index contributed by atoms with van der Waals surface area (Å²) in [7, 11) is 0. The van der Waals surface area contributed by atoms with Crippen LogP contribution in [0.5, 0.6) is 5.75 Å². The second-order valence-corrected chi connectivity index (χ2v) is 10.2. The third kappa shape index (κ3) is 10.5. The molecule has 1 fully saturated rings. The topological polar surface area (TPSA) is 59.3 Å². The SMILES string of the molecule is CCCCCCCCOC(=O)Oc1ccc(C2CCC(C#N)(CCCCCCCC)CC2)cc1. The van der Waals surface area contributed by atoms with Gasteiger partial charge >= 0.3 is 6.16 Å². The first-order chi connectivity index (χ1) is 16.6. The fourth-order valence-corrected chi connectivity index (χ4v) is 5.14. The van der Waals surface area contributed by atoms with Crippen molar-refractivity contribution in [2.75, 3.05) is 6.61 Å². The Morgan fingerprint density at radius 1 is 0.882 bits per heavy atom. The second-order valence-electron chi connectivity index (χ2n) is 10.2. The van der Waals surface area contributed by atoms with Gasteiger partial charge in [0.1, 0.15) is 5.75 Å². The molecule has 0 atom stereocenters. The van der Waals surface area contributed by atoms with E-state index in [-0.39, 0.29) is 5.41 Å². The Hall–Kier alpha value is -2.02. The van der Waals surface area contributed by atoms with E-state index >= 15 is 0 Å². The summed E-state index contributed by atoms with van der Waals surface area (Å²) in [5.41, 5.74) is 1.16. The molecule has 0 bridgehead atoms. The smallest absolute Gasteiger partial charge is 0.434 e. The molecule has 4 nitrogen and oxygen atoms in total. The maximum absolute atomic E-state index is 11.9. The van der Waals surface area contributed by atoms with E-state index in [4.69, 9.17) is 9.47 Å². The molecule has 0 heterocycles. The van der Waals surface area contributed by atoms with Crippen LogP contribution in [0.25, 0.3) is 0 Å². The minimum Gasteiger partial charge on any atom is -0.434 e. The predicted octanol–water partition coefficient (Wildman–Crippen LogP) is 9.48. The number of rotatable bonds is 16. The fraction of sp³-hybridized carbons (Fsp3) is 0.733. The fourth-order valence-electron chi connectivity index (χ4n) is 5.14. The van der Waals surface area contributed by atoms with Gasteiger partial charge in [-0.1, -0.05) is 96.6 Å². The van der Waals surface area contributed by atoms with Crippen molar-refractivity contribution in [2.24, 2.45) is 5.41 Å². The number of hydrogen-bond acceptors (Lipinski definition) is 4. The Labute approximate surface area is 208 Å². The third-order valence-electron chi connectivity index (χ3n) is 7.46. The van der Waals surface area contributed by atoms with E-state index in [9.17, 15) is 10.1 Å². The van der Waals surface area contributed by atoms with Gasteiger partial charge in [0.2, 0.25) is 0 Å². The molecule has 0 spiro atoms. The number of carbonyl (C=O) groups excluding carboxylic acids is 1. The highest BCUT2D eigenvalue weighted by molar-refractivity contribution is 5.63. The maximum Gasteiger partial charge on any atom is 0.513 e. The van der Waals surface area contributed by atoms with E-state index in [1.807, 2.05) is 12.1 Å². The zero-order chi connectivity index (χ0) is 24.5. The molecule has 0 unspecified atom stereocenters. The Morgan fingerprint density at radius 2 is 1.44 bits per heavy atom. The Kier molecular flexibility index (Phi) is 13.8. The molecule has 1 saturated carbocycles. The molecule has 0 amide bonds. The van der Waals surface area contributed by atoms with Gasteiger partial charge in [0.15, 0.2) is 0 Å². The lowest BCUT2D eigenvalue weighted by Gasteiger charge is -2.35. The molecule has 0 N–H and O–H groups in total. The molecule has 4 heteroatoms. The van der Waals surface area contributed by atoms with Crippen molar-refractivity contribution in [3.05, 3.63) is 29.8 Å². The highest BCUT2D eigenvalue weighted by Gasteiger charge is 2.35. The van der Waals surface area contributed by atoms with Crippen LogP contribution in [0, 0.1) is 16.7 Å². The summed E-state index contributed by atoms with van der Waals surface area (Å²) in [6.07, 6.45) is 19.2. The normalized spacial score (nSPS) is 20.0. The molecule has 0 aromatic heterocycles. The van der Waals surface area contributed by atoms with E-state index in [1.54, 1.807) is 0 Å². The quantitative estimate of drug-likeness (QED) is 0.137. The van der Waals surface area contributed by atoms with Crippen LogP contribution >= 0.6 is 0 Å². The number of nitriles is 1. The van der Waals surface area contributed by atoms with Crippen LogP contribution in [0.15, 0.2) is 24.3 Å². The average Bonchev–Trinajstić information content (AvgIpc) is 2.86. The average molecular weight is 470 g/mol. The highest BCUT2D eigenvalue weighted by Crippen LogP contribution is 2.45. The van der Waals surface area contributed by atoms with Crippen molar-refractivity contribution in [3.63, 3.8) is 0 Å². The minimum absolute atomic E-state index is 0.121. The lowest BCUT2D eigenvalue weighted by molar-refractivity contribution is 0.0973. The zero-order valence-corrected chi connectivity index (χ0v) is 21.8. The molecule has 34 heavy (non-hydrogen) atoms.